The molecule has 122 valence electrons. The van der Waals surface area contributed by atoms with Crippen molar-refractivity contribution in [3.05, 3.63) is 53.6 Å². The highest BCUT2D eigenvalue weighted by atomic mass is 16.5. The number of phenols is 1. The van der Waals surface area contributed by atoms with Gasteiger partial charge in [0, 0.05) is 19.0 Å². The largest absolute Gasteiger partial charge is 0.508 e. The van der Waals surface area contributed by atoms with Gasteiger partial charge in [-0.15, -0.1) is 0 Å². The molecule has 0 aromatic heterocycles. The first kappa shape index (κ1) is 15.7. The van der Waals surface area contributed by atoms with E-state index in [9.17, 15) is 5.11 Å². The molecule has 0 radical (unpaired) electrons. The lowest BCUT2D eigenvalue weighted by atomic mass is 10.0. The Morgan fingerprint density at radius 1 is 1.22 bits per heavy atom. The summed E-state index contributed by atoms with van der Waals surface area (Å²) >= 11 is 0. The number of aromatic hydroxyl groups is 1. The molecule has 1 aliphatic rings. The summed E-state index contributed by atoms with van der Waals surface area (Å²) in [6.07, 6.45) is 0.986. The monoisotopic (exact) mass is 311 g/mol. The molecule has 0 saturated heterocycles. The average Bonchev–Trinajstić information content (AvgIpc) is 2.48. The van der Waals surface area contributed by atoms with E-state index in [-0.39, 0.29) is 11.9 Å². The number of benzene rings is 2. The van der Waals surface area contributed by atoms with Crippen molar-refractivity contribution in [3.63, 3.8) is 0 Å². The van der Waals surface area contributed by atoms with Crippen molar-refractivity contribution in [2.24, 2.45) is 5.92 Å². The van der Waals surface area contributed by atoms with Gasteiger partial charge in [-0.3, -0.25) is 0 Å². The van der Waals surface area contributed by atoms with Gasteiger partial charge in [0.15, 0.2) is 0 Å². The number of anilines is 1. The lowest BCUT2D eigenvalue weighted by Crippen LogP contribution is -2.42. The molecule has 0 fully saturated rings. The third-order valence-electron chi connectivity index (χ3n) is 4.30. The van der Waals surface area contributed by atoms with Gasteiger partial charge in [-0.25, -0.2) is 0 Å². The minimum Gasteiger partial charge on any atom is -0.508 e. The highest BCUT2D eigenvalue weighted by Gasteiger charge is 2.26. The molecule has 0 aliphatic carbocycles. The Labute approximate surface area is 138 Å². The SMILES string of the molecule is Cc1ccccc1CC1CN(CC(C)C)c2ccc(O)cc2O1. The summed E-state index contributed by atoms with van der Waals surface area (Å²) in [5.41, 5.74) is 3.70. The second-order valence-corrected chi connectivity index (χ2v) is 6.82. The summed E-state index contributed by atoms with van der Waals surface area (Å²) in [5, 5.41) is 9.78. The molecule has 1 heterocycles. The predicted octanol–water partition coefficient (Wildman–Crippen LogP) is 4.17. The first-order valence-electron chi connectivity index (χ1n) is 8.32. The molecule has 0 spiro atoms. The van der Waals surface area contributed by atoms with Crippen LogP contribution in [0.3, 0.4) is 0 Å². The number of hydrogen-bond acceptors (Lipinski definition) is 3. The third-order valence-corrected chi connectivity index (χ3v) is 4.30. The van der Waals surface area contributed by atoms with Gasteiger partial charge >= 0.3 is 0 Å². The van der Waals surface area contributed by atoms with E-state index >= 15 is 0 Å². The molecule has 1 N–H and O–H groups in total. The van der Waals surface area contributed by atoms with Crippen LogP contribution in [0.1, 0.15) is 25.0 Å². The summed E-state index contributed by atoms with van der Waals surface area (Å²) in [5.74, 6) is 1.62. The molecule has 1 aliphatic heterocycles. The Bertz CT molecular complexity index is 681. The molecule has 2 aromatic carbocycles. The molecule has 3 rings (SSSR count). The normalized spacial score (nSPS) is 17.0. The molecule has 0 amide bonds. The van der Waals surface area contributed by atoms with Crippen molar-refractivity contribution in [1.29, 1.82) is 0 Å². The summed E-state index contributed by atoms with van der Waals surface area (Å²) < 4.78 is 6.18. The first-order chi connectivity index (χ1) is 11.0. The summed E-state index contributed by atoms with van der Waals surface area (Å²) in [7, 11) is 0. The van der Waals surface area contributed by atoms with E-state index in [1.807, 2.05) is 6.07 Å². The zero-order valence-corrected chi connectivity index (χ0v) is 14.1. The maximum atomic E-state index is 9.78. The number of nitrogens with zero attached hydrogens (tertiary/aromatic N) is 1. The van der Waals surface area contributed by atoms with E-state index in [1.54, 1.807) is 12.1 Å². The van der Waals surface area contributed by atoms with Crippen LogP contribution < -0.4 is 9.64 Å². The van der Waals surface area contributed by atoms with Crippen molar-refractivity contribution in [1.82, 2.24) is 0 Å². The van der Waals surface area contributed by atoms with Gasteiger partial charge in [0.2, 0.25) is 0 Å². The molecule has 23 heavy (non-hydrogen) atoms. The van der Waals surface area contributed by atoms with E-state index < -0.39 is 0 Å². The van der Waals surface area contributed by atoms with Crippen LogP contribution in [0.5, 0.6) is 11.5 Å². The molecule has 0 bridgehead atoms. The molecule has 1 atom stereocenters. The first-order valence-corrected chi connectivity index (χ1v) is 8.32. The smallest absolute Gasteiger partial charge is 0.146 e. The summed E-state index contributed by atoms with van der Waals surface area (Å²) in [4.78, 5) is 2.38. The zero-order chi connectivity index (χ0) is 16.4. The van der Waals surface area contributed by atoms with Crippen LogP contribution in [0, 0.1) is 12.8 Å². The Balaban J connectivity index is 1.85. The summed E-state index contributed by atoms with van der Waals surface area (Å²) in [6.45, 7) is 8.47. The zero-order valence-electron chi connectivity index (χ0n) is 14.1. The van der Waals surface area contributed by atoms with Gasteiger partial charge in [-0.1, -0.05) is 38.1 Å². The number of hydrogen-bond donors (Lipinski definition) is 1. The van der Waals surface area contributed by atoms with Gasteiger partial charge in [0.05, 0.1) is 12.2 Å². The van der Waals surface area contributed by atoms with Crippen molar-refractivity contribution in [2.45, 2.75) is 33.3 Å². The average molecular weight is 311 g/mol. The fourth-order valence-corrected chi connectivity index (χ4v) is 3.22. The number of rotatable bonds is 4. The Hall–Kier alpha value is -2.16. The van der Waals surface area contributed by atoms with Gasteiger partial charge < -0.3 is 14.7 Å². The Kier molecular flexibility index (Phi) is 4.46. The minimum atomic E-state index is 0.101. The van der Waals surface area contributed by atoms with Crippen LogP contribution in [0.15, 0.2) is 42.5 Å². The lowest BCUT2D eigenvalue weighted by molar-refractivity contribution is 0.191. The second-order valence-electron chi connectivity index (χ2n) is 6.82. The van der Waals surface area contributed by atoms with Crippen LogP contribution in [-0.2, 0) is 6.42 Å². The van der Waals surface area contributed by atoms with Crippen molar-refractivity contribution in [3.8, 4) is 11.5 Å². The molecular formula is C20H25NO2. The van der Waals surface area contributed by atoms with E-state index in [0.29, 0.717) is 5.92 Å². The van der Waals surface area contributed by atoms with Crippen LogP contribution >= 0.6 is 0 Å². The van der Waals surface area contributed by atoms with E-state index in [0.717, 1.165) is 30.9 Å². The molecule has 3 nitrogen and oxygen atoms in total. The fraction of sp³-hybridized carbons (Fsp3) is 0.400. The molecule has 3 heteroatoms. The number of fused-ring (bicyclic) bond motifs is 1. The second kappa shape index (κ2) is 6.53. The van der Waals surface area contributed by atoms with Crippen molar-refractivity contribution < 1.29 is 9.84 Å². The summed E-state index contributed by atoms with van der Waals surface area (Å²) in [6, 6.07) is 13.9. The van der Waals surface area contributed by atoms with E-state index in [2.05, 4.69) is 49.9 Å². The van der Waals surface area contributed by atoms with E-state index in [1.165, 1.54) is 11.1 Å². The molecule has 2 aromatic rings. The van der Waals surface area contributed by atoms with E-state index in [4.69, 9.17) is 4.74 Å². The standard InChI is InChI=1S/C20H25NO2/c1-14(2)12-21-13-18(10-16-7-5-4-6-15(16)3)23-20-11-17(22)8-9-19(20)21/h4-9,11,14,18,22H,10,12-13H2,1-3H3. The number of ether oxygens (including phenoxy) is 1. The maximum Gasteiger partial charge on any atom is 0.146 e. The Morgan fingerprint density at radius 3 is 2.74 bits per heavy atom. The Morgan fingerprint density at radius 2 is 2.00 bits per heavy atom. The van der Waals surface area contributed by atoms with Crippen LogP contribution in [0.4, 0.5) is 5.69 Å². The van der Waals surface area contributed by atoms with Gasteiger partial charge in [-0.05, 0) is 36.1 Å². The maximum absolute atomic E-state index is 9.78. The highest BCUT2D eigenvalue weighted by molar-refractivity contribution is 5.62. The fourth-order valence-electron chi connectivity index (χ4n) is 3.22. The van der Waals surface area contributed by atoms with Gasteiger partial charge in [0.25, 0.3) is 0 Å². The van der Waals surface area contributed by atoms with Crippen LogP contribution in [0.25, 0.3) is 0 Å². The quantitative estimate of drug-likeness (QED) is 0.920. The highest BCUT2D eigenvalue weighted by Crippen LogP contribution is 2.37. The van der Waals surface area contributed by atoms with Crippen molar-refractivity contribution in [2.75, 3.05) is 18.0 Å². The predicted molar refractivity (Wildman–Crippen MR) is 94.5 cm³/mol. The minimum absolute atomic E-state index is 0.101. The molecular weight excluding hydrogens is 286 g/mol. The van der Waals surface area contributed by atoms with Crippen molar-refractivity contribution >= 4 is 5.69 Å². The van der Waals surface area contributed by atoms with Crippen LogP contribution in [-0.4, -0.2) is 24.3 Å². The van der Waals surface area contributed by atoms with Gasteiger partial charge in [-0.2, -0.15) is 0 Å². The lowest BCUT2D eigenvalue weighted by Gasteiger charge is -2.37. The topological polar surface area (TPSA) is 32.7 Å². The van der Waals surface area contributed by atoms with Crippen LogP contribution in [0.2, 0.25) is 0 Å². The third kappa shape index (κ3) is 3.61. The van der Waals surface area contributed by atoms with Gasteiger partial charge in [0.1, 0.15) is 17.6 Å². The molecule has 1 unspecified atom stereocenters. The number of phenolic OH excluding ortho intramolecular Hbond substituents is 1. The number of aryl methyl sites for hydroxylation is 1. The molecule has 0 saturated carbocycles.